The lowest BCUT2D eigenvalue weighted by Crippen LogP contribution is -2.48. The second-order valence-corrected chi connectivity index (χ2v) is 9.01. The number of nitrogens with zero attached hydrogens (tertiary/aromatic N) is 3. The van der Waals surface area contributed by atoms with Crippen molar-refractivity contribution in [3.8, 4) is 0 Å². The second kappa shape index (κ2) is 7.65. The van der Waals surface area contributed by atoms with E-state index in [-0.39, 0.29) is 14.1 Å². The van der Waals surface area contributed by atoms with Gasteiger partial charge < -0.3 is 0 Å². The average molecular weight is 478 g/mol. The Morgan fingerprint density at radius 2 is 1.71 bits per heavy atom. The van der Waals surface area contributed by atoms with Crippen molar-refractivity contribution in [3.63, 3.8) is 0 Å². The molecule has 1 aromatic carbocycles. The summed E-state index contributed by atoms with van der Waals surface area (Å²) in [6.45, 7) is 2.33. The van der Waals surface area contributed by atoms with Crippen molar-refractivity contribution in [1.29, 1.82) is 0 Å². The van der Waals surface area contributed by atoms with Gasteiger partial charge >= 0.3 is 0 Å². The topological polar surface area (TPSA) is 53.5 Å². The van der Waals surface area contributed by atoms with Gasteiger partial charge in [0.2, 0.25) is 10.0 Å². The molecule has 1 aliphatic heterocycles. The number of alkyl halides is 1. The number of pyridine rings is 1. The Bertz CT molecular complexity index is 779. The first-order valence-corrected chi connectivity index (χ1v) is 10.6. The van der Waals surface area contributed by atoms with Crippen LogP contribution in [-0.4, -0.2) is 48.8 Å². The lowest BCUT2D eigenvalue weighted by Gasteiger charge is -2.36. The van der Waals surface area contributed by atoms with E-state index in [1.165, 1.54) is 28.2 Å². The summed E-state index contributed by atoms with van der Waals surface area (Å²) in [5, 5.41) is 0.286. The minimum Gasteiger partial charge on any atom is -0.285 e. The summed E-state index contributed by atoms with van der Waals surface area (Å²) in [6.07, 6.45) is 1.31. The van der Waals surface area contributed by atoms with E-state index in [4.69, 9.17) is 11.6 Å². The molecule has 5 nitrogen and oxygen atoms in total. The van der Waals surface area contributed by atoms with Crippen molar-refractivity contribution < 1.29 is 8.42 Å². The minimum absolute atomic E-state index is 0.189. The van der Waals surface area contributed by atoms with Gasteiger partial charge in [0, 0.05) is 32.4 Å². The molecule has 2 aromatic rings. The highest BCUT2D eigenvalue weighted by molar-refractivity contribution is 14.1. The SMILES string of the molecule is O=S(=O)(c1ccc(Cl)nc1)N1CCN(C(I)c2ccccc2)CC1. The fraction of sp³-hybridized carbons (Fsp3) is 0.312. The number of piperazine rings is 1. The summed E-state index contributed by atoms with van der Waals surface area (Å²) < 4.78 is 27.1. The van der Waals surface area contributed by atoms with E-state index in [1.807, 2.05) is 18.2 Å². The third-order valence-electron chi connectivity index (χ3n) is 4.01. The summed E-state index contributed by atoms with van der Waals surface area (Å²) in [6, 6.07) is 13.2. The maximum absolute atomic E-state index is 12.7. The van der Waals surface area contributed by atoms with Crippen LogP contribution in [0, 0.1) is 0 Å². The monoisotopic (exact) mass is 477 g/mol. The normalized spacial score (nSPS) is 18.4. The molecule has 0 radical (unpaired) electrons. The van der Waals surface area contributed by atoms with Gasteiger partial charge in [0.05, 0.1) is 4.05 Å². The van der Waals surface area contributed by atoms with E-state index in [0.717, 1.165) is 0 Å². The van der Waals surface area contributed by atoms with Gasteiger partial charge in [-0.05, 0) is 17.7 Å². The van der Waals surface area contributed by atoms with Gasteiger partial charge in [0.1, 0.15) is 10.0 Å². The van der Waals surface area contributed by atoms with Crippen LogP contribution in [0.1, 0.15) is 9.61 Å². The predicted molar refractivity (Wildman–Crippen MR) is 103 cm³/mol. The second-order valence-electron chi connectivity index (χ2n) is 5.50. The first-order valence-electron chi connectivity index (χ1n) is 7.53. The van der Waals surface area contributed by atoms with Crippen LogP contribution in [0.5, 0.6) is 0 Å². The average Bonchev–Trinajstić information content (AvgIpc) is 2.62. The fourth-order valence-electron chi connectivity index (χ4n) is 2.66. The third kappa shape index (κ3) is 3.91. The zero-order valence-corrected chi connectivity index (χ0v) is 16.6. The highest BCUT2D eigenvalue weighted by Gasteiger charge is 2.30. The fourth-order valence-corrected chi connectivity index (χ4v) is 5.11. The molecule has 8 heteroatoms. The summed E-state index contributed by atoms with van der Waals surface area (Å²) in [7, 11) is -3.51. The molecule has 2 heterocycles. The van der Waals surface area contributed by atoms with E-state index >= 15 is 0 Å². The van der Waals surface area contributed by atoms with Crippen LogP contribution in [-0.2, 0) is 10.0 Å². The molecule has 0 aliphatic carbocycles. The standard InChI is InChI=1S/C16H17ClIN3O2S/c17-15-7-6-14(12-19-15)24(22,23)21-10-8-20(9-11-21)16(18)13-4-2-1-3-5-13/h1-7,12,16H,8-11H2. The van der Waals surface area contributed by atoms with Crippen LogP contribution in [0.15, 0.2) is 53.6 Å². The quantitative estimate of drug-likeness (QED) is 0.294. The molecule has 0 amide bonds. The molecule has 0 bridgehead atoms. The molecule has 0 spiro atoms. The number of hydrogen-bond acceptors (Lipinski definition) is 4. The van der Waals surface area contributed by atoms with E-state index in [2.05, 4.69) is 44.6 Å². The highest BCUT2D eigenvalue weighted by Crippen LogP contribution is 2.29. The molecule has 1 saturated heterocycles. The van der Waals surface area contributed by atoms with Crippen molar-refractivity contribution in [2.24, 2.45) is 0 Å². The number of rotatable bonds is 4. The Morgan fingerprint density at radius 1 is 1.04 bits per heavy atom. The molecular weight excluding hydrogens is 461 g/mol. The maximum atomic E-state index is 12.7. The summed E-state index contributed by atoms with van der Waals surface area (Å²) in [5.41, 5.74) is 1.23. The van der Waals surface area contributed by atoms with Gasteiger partial charge in [0.15, 0.2) is 0 Å². The first-order chi connectivity index (χ1) is 11.5. The van der Waals surface area contributed by atoms with Crippen LogP contribution in [0.2, 0.25) is 5.15 Å². The van der Waals surface area contributed by atoms with Crippen LogP contribution in [0.4, 0.5) is 0 Å². The van der Waals surface area contributed by atoms with Crippen molar-refractivity contribution in [2.45, 2.75) is 8.94 Å². The zero-order valence-electron chi connectivity index (χ0n) is 12.8. The lowest BCUT2D eigenvalue weighted by molar-refractivity contribution is 0.183. The highest BCUT2D eigenvalue weighted by atomic mass is 127. The molecule has 1 aliphatic rings. The first kappa shape index (κ1) is 18.1. The molecule has 0 saturated carbocycles. The zero-order chi connectivity index (χ0) is 17.2. The van der Waals surface area contributed by atoms with Crippen molar-refractivity contribution in [1.82, 2.24) is 14.2 Å². The number of hydrogen-bond donors (Lipinski definition) is 0. The lowest BCUT2D eigenvalue weighted by atomic mass is 10.2. The molecule has 1 fully saturated rings. The summed E-state index contributed by atoms with van der Waals surface area (Å²) >= 11 is 8.14. The van der Waals surface area contributed by atoms with E-state index in [0.29, 0.717) is 26.2 Å². The Morgan fingerprint density at radius 3 is 2.29 bits per heavy atom. The van der Waals surface area contributed by atoms with Gasteiger partial charge in [0.25, 0.3) is 0 Å². The largest absolute Gasteiger partial charge is 0.285 e. The summed E-state index contributed by atoms with van der Waals surface area (Å²) in [4.78, 5) is 6.35. The van der Waals surface area contributed by atoms with Gasteiger partial charge in [-0.3, -0.25) is 4.90 Å². The number of benzene rings is 1. The molecule has 3 rings (SSSR count). The number of halogens is 2. The van der Waals surface area contributed by atoms with Crippen molar-refractivity contribution >= 4 is 44.2 Å². The number of aromatic nitrogens is 1. The Kier molecular flexibility index (Phi) is 5.76. The molecule has 1 atom stereocenters. The van der Waals surface area contributed by atoms with Gasteiger partial charge in [-0.2, -0.15) is 4.31 Å². The van der Waals surface area contributed by atoms with Gasteiger partial charge in [-0.1, -0.05) is 64.5 Å². The molecular formula is C16H17ClIN3O2S. The molecule has 1 aromatic heterocycles. The molecule has 1 unspecified atom stereocenters. The van der Waals surface area contributed by atoms with E-state index in [9.17, 15) is 8.42 Å². The smallest absolute Gasteiger partial charge is 0.244 e. The molecule has 24 heavy (non-hydrogen) atoms. The van der Waals surface area contributed by atoms with Gasteiger partial charge in [-0.15, -0.1) is 0 Å². The Balaban J connectivity index is 1.67. The van der Waals surface area contributed by atoms with E-state index in [1.54, 1.807) is 0 Å². The Labute approximate surface area is 160 Å². The molecule has 0 N–H and O–H groups in total. The predicted octanol–water partition coefficient (Wildman–Crippen LogP) is 3.18. The van der Waals surface area contributed by atoms with Crippen LogP contribution < -0.4 is 0 Å². The van der Waals surface area contributed by atoms with Crippen LogP contribution in [0.25, 0.3) is 0 Å². The van der Waals surface area contributed by atoms with Crippen LogP contribution >= 0.6 is 34.2 Å². The summed E-state index contributed by atoms with van der Waals surface area (Å²) in [5.74, 6) is 0. The van der Waals surface area contributed by atoms with Crippen molar-refractivity contribution in [3.05, 3.63) is 59.4 Å². The Hall–Kier alpha value is -0.740. The van der Waals surface area contributed by atoms with Gasteiger partial charge in [-0.25, -0.2) is 13.4 Å². The maximum Gasteiger partial charge on any atom is 0.244 e. The van der Waals surface area contributed by atoms with Crippen LogP contribution in [0.3, 0.4) is 0 Å². The third-order valence-corrected chi connectivity index (χ3v) is 7.62. The molecule has 128 valence electrons. The minimum atomic E-state index is -3.51. The van der Waals surface area contributed by atoms with Crippen molar-refractivity contribution in [2.75, 3.05) is 26.2 Å². The van der Waals surface area contributed by atoms with E-state index < -0.39 is 10.0 Å². The number of sulfonamides is 1.